The van der Waals surface area contributed by atoms with Gasteiger partial charge in [-0.05, 0) is 18.6 Å². The molecule has 8 heteroatoms. The highest BCUT2D eigenvalue weighted by molar-refractivity contribution is 7.98. The van der Waals surface area contributed by atoms with Crippen LogP contribution in [0.15, 0.2) is 38.8 Å². The summed E-state index contributed by atoms with van der Waals surface area (Å²) < 4.78 is 6.83. The first kappa shape index (κ1) is 13.8. The lowest BCUT2D eigenvalue weighted by molar-refractivity contribution is 0.414. The lowest BCUT2D eigenvalue weighted by atomic mass is 10.3. The summed E-state index contributed by atoms with van der Waals surface area (Å²) in [6.45, 7) is 2.13. The lowest BCUT2D eigenvalue weighted by Crippen LogP contribution is -2.15. The number of hydrogen-bond acceptors (Lipinski definition) is 7. The predicted molar refractivity (Wildman–Crippen MR) is 77.9 cm³/mol. The summed E-state index contributed by atoms with van der Waals surface area (Å²) in [4.78, 5) is 16.6. The number of thioether (sulfide) groups is 1. The summed E-state index contributed by atoms with van der Waals surface area (Å²) in [5.41, 5.74) is 7.59. The fourth-order valence-electron chi connectivity index (χ4n) is 1.90. The van der Waals surface area contributed by atoms with Gasteiger partial charge in [-0.25, -0.2) is 4.98 Å². The normalized spacial score (nSPS) is 11.1. The first-order chi connectivity index (χ1) is 10.2. The number of pyridine rings is 1. The van der Waals surface area contributed by atoms with Gasteiger partial charge in [0.05, 0.1) is 12.2 Å². The Morgan fingerprint density at radius 3 is 3.05 bits per heavy atom. The van der Waals surface area contributed by atoms with E-state index in [0.29, 0.717) is 28.2 Å². The van der Waals surface area contributed by atoms with Crippen molar-refractivity contribution in [1.29, 1.82) is 0 Å². The summed E-state index contributed by atoms with van der Waals surface area (Å²) in [6.07, 6.45) is 1.71. The average molecular weight is 303 g/mol. The second kappa shape index (κ2) is 5.66. The highest BCUT2D eigenvalue weighted by Crippen LogP contribution is 2.20. The average Bonchev–Trinajstić information content (AvgIpc) is 2.94. The Kier molecular flexibility index (Phi) is 3.72. The molecular weight excluding hydrogens is 290 g/mol. The van der Waals surface area contributed by atoms with Crippen molar-refractivity contribution < 1.29 is 4.42 Å². The molecule has 3 aromatic heterocycles. The van der Waals surface area contributed by atoms with E-state index in [9.17, 15) is 4.79 Å². The number of hydrogen-bond donors (Lipinski definition) is 1. The van der Waals surface area contributed by atoms with Crippen LogP contribution in [0.2, 0.25) is 0 Å². The maximum absolute atomic E-state index is 12.1. The maximum Gasteiger partial charge on any atom is 0.277 e. The van der Waals surface area contributed by atoms with E-state index in [1.807, 2.05) is 19.1 Å². The summed E-state index contributed by atoms with van der Waals surface area (Å²) in [5, 5.41) is 8.06. The van der Waals surface area contributed by atoms with Crippen molar-refractivity contribution in [3.8, 4) is 0 Å². The Morgan fingerprint density at radius 1 is 1.43 bits per heavy atom. The van der Waals surface area contributed by atoms with Crippen molar-refractivity contribution in [2.24, 2.45) is 5.73 Å². The Morgan fingerprint density at radius 2 is 2.29 bits per heavy atom. The molecule has 7 nitrogen and oxygen atoms in total. The van der Waals surface area contributed by atoms with Crippen LogP contribution in [0.4, 0.5) is 0 Å². The molecule has 0 atom stereocenters. The van der Waals surface area contributed by atoms with E-state index < -0.39 is 0 Å². The third-order valence-electron chi connectivity index (χ3n) is 2.91. The molecule has 0 aromatic carbocycles. The van der Waals surface area contributed by atoms with E-state index in [-0.39, 0.29) is 12.1 Å². The molecule has 0 amide bonds. The Balaban J connectivity index is 1.87. The van der Waals surface area contributed by atoms with Crippen LogP contribution in [0.3, 0.4) is 0 Å². The zero-order valence-electron chi connectivity index (χ0n) is 11.3. The van der Waals surface area contributed by atoms with E-state index in [1.165, 1.54) is 22.2 Å². The van der Waals surface area contributed by atoms with Gasteiger partial charge in [0, 0.05) is 18.0 Å². The molecule has 0 aliphatic rings. The minimum atomic E-state index is -0.104. The molecule has 2 N–H and O–H groups in total. The SMILES string of the molecule is Cc1cccn2c(=O)cc(CSc3nnc(CN)o3)nc12. The maximum atomic E-state index is 12.1. The quantitative estimate of drug-likeness (QED) is 0.721. The van der Waals surface area contributed by atoms with Gasteiger partial charge >= 0.3 is 0 Å². The third kappa shape index (κ3) is 2.81. The highest BCUT2D eigenvalue weighted by Gasteiger charge is 2.08. The van der Waals surface area contributed by atoms with Gasteiger partial charge in [-0.15, -0.1) is 10.2 Å². The van der Waals surface area contributed by atoms with Crippen molar-refractivity contribution in [3.05, 3.63) is 51.9 Å². The van der Waals surface area contributed by atoms with Crippen LogP contribution < -0.4 is 11.3 Å². The molecule has 3 heterocycles. The Hall–Kier alpha value is -2.19. The Labute approximate surface area is 124 Å². The molecule has 3 rings (SSSR count). The molecule has 0 unspecified atom stereocenters. The second-order valence-corrected chi connectivity index (χ2v) is 5.35. The fourth-order valence-corrected chi connectivity index (χ4v) is 2.57. The topological polar surface area (TPSA) is 99.3 Å². The molecule has 0 bridgehead atoms. The van der Waals surface area contributed by atoms with Gasteiger partial charge in [-0.3, -0.25) is 9.20 Å². The van der Waals surface area contributed by atoms with Gasteiger partial charge in [0.25, 0.3) is 10.8 Å². The number of nitrogens with zero attached hydrogens (tertiary/aromatic N) is 4. The van der Waals surface area contributed by atoms with E-state index in [4.69, 9.17) is 10.2 Å². The number of aromatic nitrogens is 4. The lowest BCUT2D eigenvalue weighted by Gasteiger charge is -2.05. The minimum absolute atomic E-state index is 0.104. The summed E-state index contributed by atoms with van der Waals surface area (Å²) in [5.74, 6) is 0.867. The monoisotopic (exact) mass is 303 g/mol. The van der Waals surface area contributed by atoms with E-state index in [2.05, 4.69) is 15.2 Å². The third-order valence-corrected chi connectivity index (χ3v) is 3.76. The molecule has 0 aliphatic heterocycles. The largest absolute Gasteiger partial charge is 0.415 e. The van der Waals surface area contributed by atoms with Crippen LogP contribution in [0.5, 0.6) is 0 Å². The molecule has 108 valence electrons. The number of rotatable bonds is 4. The zero-order valence-corrected chi connectivity index (χ0v) is 12.1. The van der Waals surface area contributed by atoms with Gasteiger partial charge in [-0.1, -0.05) is 17.8 Å². The highest BCUT2D eigenvalue weighted by atomic mass is 32.2. The smallest absolute Gasteiger partial charge is 0.277 e. The first-order valence-electron chi connectivity index (χ1n) is 6.30. The molecule has 21 heavy (non-hydrogen) atoms. The van der Waals surface area contributed by atoms with Gasteiger partial charge in [-0.2, -0.15) is 0 Å². The summed E-state index contributed by atoms with van der Waals surface area (Å²) in [7, 11) is 0. The van der Waals surface area contributed by atoms with Crippen LogP contribution in [0.1, 0.15) is 17.1 Å². The van der Waals surface area contributed by atoms with E-state index >= 15 is 0 Å². The number of fused-ring (bicyclic) bond motifs is 1. The summed E-state index contributed by atoms with van der Waals surface area (Å²) in [6, 6.07) is 5.26. The van der Waals surface area contributed by atoms with Crippen molar-refractivity contribution in [1.82, 2.24) is 19.6 Å². The Bertz CT molecular complexity index is 842. The molecule has 3 aromatic rings. The molecular formula is C13H13N5O2S. The first-order valence-corrected chi connectivity index (χ1v) is 7.29. The summed E-state index contributed by atoms with van der Waals surface area (Å²) >= 11 is 1.33. The van der Waals surface area contributed by atoms with Gasteiger partial charge in [0.1, 0.15) is 5.65 Å². The van der Waals surface area contributed by atoms with Crippen LogP contribution in [-0.2, 0) is 12.3 Å². The molecule has 0 saturated carbocycles. The van der Waals surface area contributed by atoms with Crippen LogP contribution in [0, 0.1) is 6.92 Å². The van der Waals surface area contributed by atoms with E-state index in [1.54, 1.807) is 6.20 Å². The standard InChI is InChI=1S/C13H13N5O2S/c1-8-3-2-4-18-11(19)5-9(15-12(8)18)7-21-13-17-16-10(6-14)20-13/h2-5H,6-7,14H2,1H3. The minimum Gasteiger partial charge on any atom is -0.415 e. The van der Waals surface area contributed by atoms with Crippen LogP contribution in [0.25, 0.3) is 5.65 Å². The molecule has 0 radical (unpaired) electrons. The van der Waals surface area contributed by atoms with Crippen LogP contribution >= 0.6 is 11.8 Å². The van der Waals surface area contributed by atoms with Gasteiger partial charge in [0.2, 0.25) is 5.89 Å². The van der Waals surface area contributed by atoms with Crippen LogP contribution in [-0.4, -0.2) is 19.6 Å². The molecule has 0 saturated heterocycles. The molecule has 0 fully saturated rings. The van der Waals surface area contributed by atoms with E-state index in [0.717, 1.165) is 5.56 Å². The fraction of sp³-hybridized carbons (Fsp3) is 0.231. The molecule has 0 aliphatic carbocycles. The van der Waals surface area contributed by atoms with Gasteiger partial charge in [0.15, 0.2) is 0 Å². The number of nitrogens with two attached hydrogens (primary N) is 1. The van der Waals surface area contributed by atoms with Crippen molar-refractivity contribution in [2.75, 3.05) is 0 Å². The number of aryl methyl sites for hydroxylation is 1. The van der Waals surface area contributed by atoms with Crippen molar-refractivity contribution >= 4 is 17.4 Å². The van der Waals surface area contributed by atoms with Gasteiger partial charge < -0.3 is 10.2 Å². The van der Waals surface area contributed by atoms with Crippen molar-refractivity contribution in [3.63, 3.8) is 0 Å². The second-order valence-electron chi connectivity index (χ2n) is 4.43. The predicted octanol–water partition coefficient (Wildman–Crippen LogP) is 1.14. The molecule has 0 spiro atoms. The van der Waals surface area contributed by atoms with Crippen molar-refractivity contribution in [2.45, 2.75) is 24.4 Å². The zero-order chi connectivity index (χ0) is 14.8.